The molecule has 3 atom stereocenters. The zero-order valence-corrected chi connectivity index (χ0v) is 13.1. The van der Waals surface area contributed by atoms with Crippen LogP contribution in [0.2, 0.25) is 0 Å². The third-order valence-electron chi connectivity index (χ3n) is 4.72. The second kappa shape index (κ2) is 5.10. The van der Waals surface area contributed by atoms with E-state index in [1.54, 1.807) is 12.1 Å². The minimum atomic E-state index is -3.22. The van der Waals surface area contributed by atoms with Gasteiger partial charge in [-0.25, -0.2) is 8.42 Å². The molecule has 0 spiro atoms. The van der Waals surface area contributed by atoms with E-state index in [-0.39, 0.29) is 16.8 Å². The first-order valence-corrected chi connectivity index (χ1v) is 9.09. The number of hydrogen-bond donors (Lipinski definition) is 1. The molecule has 2 heterocycles. The fourth-order valence-electron chi connectivity index (χ4n) is 3.45. The van der Waals surface area contributed by atoms with Gasteiger partial charge in [0.25, 0.3) is 5.91 Å². The molecule has 0 aliphatic carbocycles. The van der Waals surface area contributed by atoms with Crippen LogP contribution in [0.4, 0.5) is 0 Å². The summed E-state index contributed by atoms with van der Waals surface area (Å²) in [6.07, 6.45) is 1.17. The van der Waals surface area contributed by atoms with Gasteiger partial charge in [0.2, 0.25) is 0 Å². The lowest BCUT2D eigenvalue weighted by molar-refractivity contribution is 0.0728. The average molecular weight is 308 g/mol. The Morgan fingerprint density at radius 2 is 1.90 bits per heavy atom. The number of fused-ring (bicyclic) bond motifs is 1. The van der Waals surface area contributed by atoms with Gasteiger partial charge in [0.15, 0.2) is 9.84 Å². The summed E-state index contributed by atoms with van der Waals surface area (Å²) >= 11 is 0. The van der Waals surface area contributed by atoms with Crippen LogP contribution in [0.15, 0.2) is 29.2 Å². The van der Waals surface area contributed by atoms with Crippen LogP contribution in [0.25, 0.3) is 0 Å². The van der Waals surface area contributed by atoms with Crippen LogP contribution in [0, 0.1) is 11.8 Å². The van der Waals surface area contributed by atoms with Crippen molar-refractivity contribution in [1.29, 1.82) is 0 Å². The van der Waals surface area contributed by atoms with Gasteiger partial charge in [0.1, 0.15) is 0 Å². The van der Waals surface area contributed by atoms with Crippen molar-refractivity contribution in [2.75, 3.05) is 25.9 Å². The van der Waals surface area contributed by atoms with E-state index in [0.717, 1.165) is 19.6 Å². The maximum Gasteiger partial charge on any atom is 0.254 e. The van der Waals surface area contributed by atoms with E-state index >= 15 is 0 Å². The summed E-state index contributed by atoms with van der Waals surface area (Å²) in [5, 5.41) is 3.37. The smallest absolute Gasteiger partial charge is 0.254 e. The molecule has 0 saturated carbocycles. The van der Waals surface area contributed by atoms with Crippen LogP contribution in [0.5, 0.6) is 0 Å². The Labute approximate surface area is 125 Å². The molecule has 1 aromatic carbocycles. The number of carbonyl (C=O) groups excluding carboxylic acids is 1. The average Bonchev–Trinajstić information content (AvgIpc) is 3.01. The zero-order valence-electron chi connectivity index (χ0n) is 12.2. The van der Waals surface area contributed by atoms with E-state index in [9.17, 15) is 13.2 Å². The number of benzene rings is 1. The fraction of sp³-hybridized carbons (Fsp3) is 0.533. The summed E-state index contributed by atoms with van der Waals surface area (Å²) in [6.45, 7) is 4.83. The van der Waals surface area contributed by atoms with E-state index in [4.69, 9.17) is 0 Å². The Bertz CT molecular complexity index is 654. The number of rotatable bonds is 2. The normalized spacial score (nSPS) is 28.7. The molecule has 0 aromatic heterocycles. The van der Waals surface area contributed by atoms with Gasteiger partial charge < -0.3 is 10.2 Å². The topological polar surface area (TPSA) is 66.5 Å². The van der Waals surface area contributed by atoms with Gasteiger partial charge in [-0.2, -0.15) is 0 Å². The van der Waals surface area contributed by atoms with Gasteiger partial charge in [0.05, 0.1) is 4.90 Å². The number of nitrogens with one attached hydrogen (secondary N) is 1. The molecule has 114 valence electrons. The fourth-order valence-corrected chi connectivity index (χ4v) is 4.08. The highest BCUT2D eigenvalue weighted by molar-refractivity contribution is 7.90. The Morgan fingerprint density at radius 1 is 1.24 bits per heavy atom. The first kappa shape index (κ1) is 14.5. The van der Waals surface area contributed by atoms with Gasteiger partial charge >= 0.3 is 0 Å². The van der Waals surface area contributed by atoms with Crippen molar-refractivity contribution in [1.82, 2.24) is 10.2 Å². The second-order valence-corrected chi connectivity index (χ2v) is 8.09. The molecule has 0 radical (unpaired) electrons. The molecule has 2 fully saturated rings. The van der Waals surface area contributed by atoms with Crippen molar-refractivity contribution in [3.8, 4) is 0 Å². The summed E-state index contributed by atoms with van der Waals surface area (Å²) in [4.78, 5) is 14.8. The summed E-state index contributed by atoms with van der Waals surface area (Å²) in [6, 6.07) is 6.46. The van der Waals surface area contributed by atoms with Crippen LogP contribution >= 0.6 is 0 Å². The Hall–Kier alpha value is -1.40. The number of likely N-dealkylation sites (tertiary alicyclic amines) is 1. The molecule has 2 saturated heterocycles. The number of hydrogen-bond acceptors (Lipinski definition) is 4. The van der Waals surface area contributed by atoms with Crippen molar-refractivity contribution in [2.45, 2.75) is 17.9 Å². The van der Waals surface area contributed by atoms with Crippen LogP contribution < -0.4 is 5.32 Å². The largest absolute Gasteiger partial charge is 0.335 e. The third kappa shape index (κ3) is 2.58. The lowest BCUT2D eigenvalue weighted by atomic mass is 9.95. The Morgan fingerprint density at radius 3 is 2.48 bits per heavy atom. The highest BCUT2D eigenvalue weighted by Gasteiger charge is 2.43. The van der Waals surface area contributed by atoms with Crippen molar-refractivity contribution in [2.24, 2.45) is 11.8 Å². The Kier molecular flexibility index (Phi) is 3.53. The SMILES string of the molecule is CC1C2CNCC2CN1C(=O)c1ccc(S(C)(=O)=O)cc1. The molecule has 3 rings (SSSR count). The van der Waals surface area contributed by atoms with E-state index in [1.165, 1.54) is 18.4 Å². The Balaban J connectivity index is 1.80. The van der Waals surface area contributed by atoms with Crippen LogP contribution in [0.1, 0.15) is 17.3 Å². The standard InChI is InChI=1S/C15H20N2O3S/c1-10-14-8-16-7-12(14)9-17(10)15(18)11-3-5-13(6-4-11)21(2,19)20/h3-6,10,12,14,16H,7-9H2,1-2H3. The molecule has 1 aromatic rings. The van der Waals surface area contributed by atoms with Gasteiger partial charge in [-0.3, -0.25) is 4.79 Å². The third-order valence-corrected chi connectivity index (χ3v) is 5.85. The minimum absolute atomic E-state index is 0.00282. The molecule has 2 aliphatic heterocycles. The van der Waals surface area contributed by atoms with E-state index in [0.29, 0.717) is 17.4 Å². The van der Waals surface area contributed by atoms with Gasteiger partial charge in [0, 0.05) is 37.5 Å². The summed E-state index contributed by atoms with van der Waals surface area (Å²) in [7, 11) is -3.22. The maximum absolute atomic E-state index is 12.6. The molecule has 2 aliphatic rings. The highest BCUT2D eigenvalue weighted by Crippen LogP contribution is 2.33. The quantitative estimate of drug-likeness (QED) is 0.876. The predicted molar refractivity (Wildman–Crippen MR) is 79.9 cm³/mol. The number of sulfone groups is 1. The molecule has 1 amide bonds. The van der Waals surface area contributed by atoms with Crippen molar-refractivity contribution in [3.05, 3.63) is 29.8 Å². The monoisotopic (exact) mass is 308 g/mol. The van der Waals surface area contributed by atoms with E-state index in [1.807, 2.05) is 4.90 Å². The maximum atomic E-state index is 12.6. The summed E-state index contributed by atoms with van der Waals surface area (Å²) in [5.74, 6) is 1.07. The number of carbonyl (C=O) groups is 1. The number of nitrogens with zero attached hydrogens (tertiary/aromatic N) is 1. The van der Waals surface area contributed by atoms with Gasteiger partial charge in [-0.1, -0.05) is 0 Å². The first-order valence-electron chi connectivity index (χ1n) is 7.20. The van der Waals surface area contributed by atoms with Gasteiger partial charge in [-0.15, -0.1) is 0 Å². The lowest BCUT2D eigenvalue weighted by Crippen LogP contribution is -2.38. The lowest BCUT2D eigenvalue weighted by Gasteiger charge is -2.24. The molecular formula is C15H20N2O3S. The molecule has 1 N–H and O–H groups in total. The molecule has 21 heavy (non-hydrogen) atoms. The van der Waals surface area contributed by atoms with E-state index in [2.05, 4.69) is 12.2 Å². The van der Waals surface area contributed by atoms with Crippen molar-refractivity contribution >= 4 is 15.7 Å². The zero-order chi connectivity index (χ0) is 15.2. The first-order chi connectivity index (χ1) is 9.88. The molecular weight excluding hydrogens is 288 g/mol. The van der Waals surface area contributed by atoms with Crippen LogP contribution in [-0.4, -0.2) is 51.2 Å². The summed E-state index contributed by atoms with van der Waals surface area (Å²) in [5.41, 5.74) is 0.558. The minimum Gasteiger partial charge on any atom is -0.335 e. The van der Waals surface area contributed by atoms with Crippen LogP contribution in [-0.2, 0) is 9.84 Å². The molecule has 6 heteroatoms. The van der Waals surface area contributed by atoms with Gasteiger partial charge in [-0.05, 0) is 43.0 Å². The predicted octanol–water partition coefficient (Wildman–Crippen LogP) is 0.770. The van der Waals surface area contributed by atoms with Crippen molar-refractivity contribution < 1.29 is 13.2 Å². The second-order valence-electron chi connectivity index (χ2n) is 6.08. The van der Waals surface area contributed by atoms with Crippen LogP contribution in [0.3, 0.4) is 0 Å². The van der Waals surface area contributed by atoms with Crippen molar-refractivity contribution in [3.63, 3.8) is 0 Å². The molecule has 3 unspecified atom stereocenters. The number of amides is 1. The molecule has 0 bridgehead atoms. The summed E-state index contributed by atoms with van der Waals surface area (Å²) < 4.78 is 22.9. The molecule has 5 nitrogen and oxygen atoms in total. The highest BCUT2D eigenvalue weighted by atomic mass is 32.2. The van der Waals surface area contributed by atoms with E-state index < -0.39 is 9.84 Å².